The first-order valence-corrected chi connectivity index (χ1v) is 7.61. The second-order valence-corrected chi connectivity index (χ2v) is 5.23. The Balaban J connectivity index is 1.59. The molecule has 0 radical (unpaired) electrons. The molecule has 5 heteroatoms. The minimum atomic E-state index is -0.117. The van der Waals surface area contributed by atoms with Crippen molar-refractivity contribution < 1.29 is 19.4 Å². The van der Waals surface area contributed by atoms with Gasteiger partial charge in [-0.1, -0.05) is 18.2 Å². The molecule has 0 spiro atoms. The summed E-state index contributed by atoms with van der Waals surface area (Å²) in [5, 5.41) is 9.40. The van der Waals surface area contributed by atoms with Gasteiger partial charge in [-0.05, 0) is 48.0 Å². The largest absolute Gasteiger partial charge is 0.508 e. The molecule has 0 saturated heterocycles. The van der Waals surface area contributed by atoms with Crippen molar-refractivity contribution >= 4 is 17.8 Å². The highest BCUT2D eigenvalue weighted by Gasteiger charge is 2.08. The summed E-state index contributed by atoms with van der Waals surface area (Å²) in [6, 6.07) is 13.6. The van der Waals surface area contributed by atoms with Crippen LogP contribution in [0.5, 0.6) is 11.5 Å². The van der Waals surface area contributed by atoms with Gasteiger partial charge in [-0.25, -0.2) is 4.99 Å². The number of carbonyl (C=O) groups excluding carboxylic acids is 1. The molecule has 0 fully saturated rings. The van der Waals surface area contributed by atoms with E-state index in [-0.39, 0.29) is 11.5 Å². The second kappa shape index (κ2) is 7.46. The van der Waals surface area contributed by atoms with Crippen molar-refractivity contribution in [1.82, 2.24) is 0 Å². The molecule has 1 aliphatic heterocycles. The van der Waals surface area contributed by atoms with Crippen LogP contribution in [-0.2, 0) is 4.74 Å². The second-order valence-electron chi connectivity index (χ2n) is 5.23. The number of ketones is 1. The minimum Gasteiger partial charge on any atom is -0.508 e. The van der Waals surface area contributed by atoms with Gasteiger partial charge in [0.25, 0.3) is 0 Å². The summed E-state index contributed by atoms with van der Waals surface area (Å²) in [6.07, 6.45) is 3.15. The standard InChI is InChI=1S/C19H17NO4/c21-16-3-1-2-14(12-16)4-9-18(22)15-5-7-17(8-6-15)24-13-19-20-10-11-23-19/h1-9,12,21H,10-11,13H2/b9-4+. The quantitative estimate of drug-likeness (QED) is 0.655. The normalized spacial score (nSPS) is 13.6. The van der Waals surface area contributed by atoms with E-state index in [0.717, 1.165) is 5.56 Å². The highest BCUT2D eigenvalue weighted by Crippen LogP contribution is 2.15. The van der Waals surface area contributed by atoms with Crippen molar-refractivity contribution in [2.24, 2.45) is 4.99 Å². The molecule has 0 unspecified atom stereocenters. The molecule has 1 aliphatic rings. The number of hydrogen-bond acceptors (Lipinski definition) is 5. The summed E-state index contributed by atoms with van der Waals surface area (Å²) >= 11 is 0. The number of carbonyl (C=O) groups is 1. The van der Waals surface area contributed by atoms with Crippen LogP contribution in [0, 0.1) is 0 Å². The zero-order valence-corrected chi connectivity index (χ0v) is 13.0. The van der Waals surface area contributed by atoms with Gasteiger partial charge in [0.15, 0.2) is 12.4 Å². The molecule has 1 heterocycles. The highest BCUT2D eigenvalue weighted by molar-refractivity contribution is 6.06. The van der Waals surface area contributed by atoms with Crippen molar-refractivity contribution in [2.45, 2.75) is 0 Å². The molecular weight excluding hydrogens is 306 g/mol. The average molecular weight is 323 g/mol. The zero-order chi connectivity index (χ0) is 16.8. The summed E-state index contributed by atoms with van der Waals surface area (Å²) in [6.45, 7) is 1.58. The average Bonchev–Trinajstić information content (AvgIpc) is 3.12. The Hall–Kier alpha value is -3.08. The summed E-state index contributed by atoms with van der Waals surface area (Å²) in [4.78, 5) is 16.3. The van der Waals surface area contributed by atoms with Gasteiger partial charge in [0.1, 0.15) is 18.1 Å². The van der Waals surface area contributed by atoms with Gasteiger partial charge in [0.05, 0.1) is 6.54 Å². The maximum Gasteiger partial charge on any atom is 0.222 e. The third-order valence-electron chi connectivity index (χ3n) is 3.45. The first kappa shape index (κ1) is 15.8. The topological polar surface area (TPSA) is 68.1 Å². The van der Waals surface area contributed by atoms with E-state index in [0.29, 0.717) is 37.0 Å². The van der Waals surface area contributed by atoms with E-state index in [1.807, 2.05) is 6.07 Å². The number of hydrogen-bond donors (Lipinski definition) is 1. The van der Waals surface area contributed by atoms with Crippen molar-refractivity contribution in [2.75, 3.05) is 19.8 Å². The van der Waals surface area contributed by atoms with Gasteiger partial charge in [-0.2, -0.15) is 0 Å². The Morgan fingerprint density at radius 2 is 2.08 bits per heavy atom. The summed E-state index contributed by atoms with van der Waals surface area (Å²) in [5.74, 6) is 1.31. The third-order valence-corrected chi connectivity index (χ3v) is 3.45. The molecule has 24 heavy (non-hydrogen) atoms. The molecular formula is C19H17NO4. The highest BCUT2D eigenvalue weighted by atomic mass is 16.5. The lowest BCUT2D eigenvalue weighted by Gasteiger charge is -2.06. The van der Waals surface area contributed by atoms with Gasteiger partial charge in [-0.15, -0.1) is 0 Å². The lowest BCUT2D eigenvalue weighted by Crippen LogP contribution is -2.11. The maximum atomic E-state index is 12.2. The van der Waals surface area contributed by atoms with Crippen LogP contribution in [-0.4, -0.2) is 36.5 Å². The number of allylic oxidation sites excluding steroid dienone is 1. The van der Waals surface area contributed by atoms with Crippen LogP contribution in [0.2, 0.25) is 0 Å². The number of aromatic hydroxyl groups is 1. The fourth-order valence-electron chi connectivity index (χ4n) is 2.22. The van der Waals surface area contributed by atoms with E-state index >= 15 is 0 Å². The monoisotopic (exact) mass is 323 g/mol. The van der Waals surface area contributed by atoms with E-state index in [9.17, 15) is 9.90 Å². The number of nitrogens with zero attached hydrogens (tertiary/aromatic N) is 1. The van der Waals surface area contributed by atoms with Crippen molar-refractivity contribution in [1.29, 1.82) is 0 Å². The van der Waals surface area contributed by atoms with E-state index < -0.39 is 0 Å². The summed E-state index contributed by atoms with van der Waals surface area (Å²) in [5.41, 5.74) is 1.33. The number of aliphatic imine (C=N–C) groups is 1. The molecule has 122 valence electrons. The Morgan fingerprint density at radius 3 is 2.79 bits per heavy atom. The van der Waals surface area contributed by atoms with E-state index in [4.69, 9.17) is 9.47 Å². The molecule has 0 bridgehead atoms. The van der Waals surface area contributed by atoms with Crippen LogP contribution < -0.4 is 4.74 Å². The molecule has 5 nitrogen and oxygen atoms in total. The molecule has 3 rings (SSSR count). The molecule has 2 aromatic rings. The fourth-order valence-corrected chi connectivity index (χ4v) is 2.22. The van der Waals surface area contributed by atoms with Gasteiger partial charge in [0, 0.05) is 5.56 Å². The predicted molar refractivity (Wildman–Crippen MR) is 91.7 cm³/mol. The summed E-state index contributed by atoms with van der Waals surface area (Å²) in [7, 11) is 0. The Morgan fingerprint density at radius 1 is 1.25 bits per heavy atom. The molecule has 1 N–H and O–H groups in total. The SMILES string of the molecule is O=C(/C=C/c1cccc(O)c1)c1ccc(OCC2=NCCO2)cc1. The van der Waals surface area contributed by atoms with Crippen LogP contribution in [0.4, 0.5) is 0 Å². The summed E-state index contributed by atoms with van der Waals surface area (Å²) < 4.78 is 10.8. The molecule has 0 amide bonds. The third kappa shape index (κ3) is 4.23. The van der Waals surface area contributed by atoms with Crippen LogP contribution in [0.3, 0.4) is 0 Å². The van der Waals surface area contributed by atoms with Gasteiger partial charge in [-0.3, -0.25) is 4.79 Å². The first-order valence-electron chi connectivity index (χ1n) is 7.61. The maximum absolute atomic E-state index is 12.2. The van der Waals surface area contributed by atoms with Crippen LogP contribution >= 0.6 is 0 Å². The van der Waals surface area contributed by atoms with Crippen LogP contribution in [0.1, 0.15) is 15.9 Å². The van der Waals surface area contributed by atoms with Gasteiger partial charge < -0.3 is 14.6 Å². The number of ether oxygens (including phenoxy) is 2. The smallest absolute Gasteiger partial charge is 0.222 e. The first-order chi connectivity index (χ1) is 11.7. The van der Waals surface area contributed by atoms with Crippen molar-refractivity contribution in [3.63, 3.8) is 0 Å². The van der Waals surface area contributed by atoms with E-state index in [1.54, 1.807) is 48.5 Å². The van der Waals surface area contributed by atoms with Crippen LogP contribution in [0.15, 0.2) is 59.6 Å². The van der Waals surface area contributed by atoms with Gasteiger partial charge in [0.2, 0.25) is 5.90 Å². The number of phenols is 1. The van der Waals surface area contributed by atoms with Crippen molar-refractivity contribution in [3.8, 4) is 11.5 Å². The number of benzene rings is 2. The Kier molecular flexibility index (Phi) is 4.91. The zero-order valence-electron chi connectivity index (χ0n) is 13.0. The Labute approximate surface area is 139 Å². The molecule has 0 atom stereocenters. The Bertz CT molecular complexity index is 778. The molecule has 0 saturated carbocycles. The van der Waals surface area contributed by atoms with E-state index in [2.05, 4.69) is 4.99 Å². The predicted octanol–water partition coefficient (Wildman–Crippen LogP) is 3.10. The number of phenolic OH excluding ortho intramolecular Hbond substituents is 1. The lowest BCUT2D eigenvalue weighted by atomic mass is 10.1. The lowest BCUT2D eigenvalue weighted by molar-refractivity contribution is 0.104. The number of rotatable bonds is 6. The molecule has 0 aliphatic carbocycles. The fraction of sp³-hybridized carbons (Fsp3) is 0.158. The molecule has 2 aromatic carbocycles. The minimum absolute atomic E-state index is 0.117. The molecule has 0 aromatic heterocycles. The van der Waals surface area contributed by atoms with Gasteiger partial charge >= 0.3 is 0 Å². The van der Waals surface area contributed by atoms with E-state index in [1.165, 1.54) is 6.08 Å². The van der Waals surface area contributed by atoms with Crippen LogP contribution in [0.25, 0.3) is 6.08 Å². The van der Waals surface area contributed by atoms with Crippen molar-refractivity contribution in [3.05, 3.63) is 65.7 Å².